The fourth-order valence-electron chi connectivity index (χ4n) is 1.48. The summed E-state index contributed by atoms with van der Waals surface area (Å²) in [5.74, 6) is 0.681. The van der Waals surface area contributed by atoms with Gasteiger partial charge in [-0.2, -0.15) is 0 Å². The van der Waals surface area contributed by atoms with Crippen LogP contribution < -0.4 is 4.74 Å². The van der Waals surface area contributed by atoms with Crippen LogP contribution in [0.1, 0.15) is 25.3 Å². The van der Waals surface area contributed by atoms with Gasteiger partial charge in [-0.25, -0.2) is 0 Å². The molecule has 0 N–H and O–H groups in total. The van der Waals surface area contributed by atoms with Gasteiger partial charge in [-0.05, 0) is 25.0 Å². The van der Waals surface area contributed by atoms with Crippen molar-refractivity contribution in [2.45, 2.75) is 26.2 Å². The molecule has 0 unspecified atom stereocenters. The number of hydrogen-bond acceptors (Lipinski definition) is 3. The van der Waals surface area contributed by atoms with E-state index in [1.54, 1.807) is 18.2 Å². The first-order valence-electron chi connectivity index (χ1n) is 5.70. The fourth-order valence-corrected chi connectivity index (χ4v) is 1.48. The minimum atomic E-state index is -0.380. The lowest BCUT2D eigenvalue weighted by Crippen LogP contribution is -1.99. The average molecular weight is 235 g/mol. The number of allylic oxidation sites excluding steroid dienone is 1. The highest BCUT2D eigenvalue weighted by Gasteiger charge is 2.13. The molecule has 0 aliphatic rings. The number of nitro groups is 1. The van der Waals surface area contributed by atoms with E-state index in [1.807, 2.05) is 0 Å². The van der Waals surface area contributed by atoms with Crippen molar-refractivity contribution in [1.82, 2.24) is 0 Å². The highest BCUT2D eigenvalue weighted by molar-refractivity contribution is 5.46. The second-order valence-electron chi connectivity index (χ2n) is 3.74. The SMILES string of the molecule is C=CCc1cc(OCCCC)ccc1[N+](=O)[O-]. The van der Waals surface area contributed by atoms with Gasteiger partial charge < -0.3 is 4.74 Å². The Bertz CT molecular complexity index is 402. The molecule has 92 valence electrons. The Hall–Kier alpha value is -1.84. The Morgan fingerprint density at radius 2 is 2.29 bits per heavy atom. The van der Waals surface area contributed by atoms with Gasteiger partial charge in [0.25, 0.3) is 5.69 Å². The number of unbranched alkanes of at least 4 members (excludes halogenated alkanes) is 1. The summed E-state index contributed by atoms with van der Waals surface area (Å²) in [4.78, 5) is 10.4. The molecule has 0 atom stereocenters. The maximum atomic E-state index is 10.8. The lowest BCUT2D eigenvalue weighted by molar-refractivity contribution is -0.385. The van der Waals surface area contributed by atoms with Crippen LogP contribution >= 0.6 is 0 Å². The molecule has 0 heterocycles. The summed E-state index contributed by atoms with van der Waals surface area (Å²) in [6.45, 7) is 6.32. The predicted octanol–water partition coefficient (Wildman–Crippen LogP) is 3.50. The van der Waals surface area contributed by atoms with Gasteiger partial charge in [0, 0.05) is 11.6 Å². The molecule has 1 aromatic carbocycles. The Labute approximate surface area is 101 Å². The summed E-state index contributed by atoms with van der Waals surface area (Å²) >= 11 is 0. The van der Waals surface area contributed by atoms with Gasteiger partial charge in [-0.3, -0.25) is 10.1 Å². The van der Waals surface area contributed by atoms with E-state index in [4.69, 9.17) is 4.74 Å². The summed E-state index contributed by atoms with van der Waals surface area (Å²) in [6.07, 6.45) is 4.17. The second-order valence-corrected chi connectivity index (χ2v) is 3.74. The van der Waals surface area contributed by atoms with E-state index in [1.165, 1.54) is 6.07 Å². The summed E-state index contributed by atoms with van der Waals surface area (Å²) < 4.78 is 5.51. The van der Waals surface area contributed by atoms with Crippen molar-refractivity contribution >= 4 is 5.69 Å². The van der Waals surface area contributed by atoms with Gasteiger partial charge >= 0.3 is 0 Å². The van der Waals surface area contributed by atoms with Crippen LogP contribution in [0.25, 0.3) is 0 Å². The standard InChI is InChI=1S/C13H17NO3/c1-3-5-9-17-12-7-8-13(14(15)16)11(10-12)6-4-2/h4,7-8,10H,2-3,5-6,9H2,1H3. The lowest BCUT2D eigenvalue weighted by Gasteiger charge is -2.07. The predicted molar refractivity (Wildman–Crippen MR) is 67.4 cm³/mol. The molecule has 0 bridgehead atoms. The Balaban J connectivity index is 2.85. The van der Waals surface area contributed by atoms with Crippen LogP contribution in [-0.2, 0) is 6.42 Å². The average Bonchev–Trinajstić information content (AvgIpc) is 2.30. The number of benzene rings is 1. The third-order valence-electron chi connectivity index (χ3n) is 2.38. The largest absolute Gasteiger partial charge is 0.494 e. The molecule has 4 heteroatoms. The zero-order chi connectivity index (χ0) is 12.7. The van der Waals surface area contributed by atoms with Crippen LogP contribution in [0.2, 0.25) is 0 Å². The molecule has 4 nitrogen and oxygen atoms in total. The molecular weight excluding hydrogens is 218 g/mol. The summed E-state index contributed by atoms with van der Waals surface area (Å²) in [7, 11) is 0. The molecule has 0 amide bonds. The molecule has 0 aliphatic carbocycles. The summed E-state index contributed by atoms with van der Waals surface area (Å²) in [5, 5.41) is 10.8. The molecule has 1 aromatic rings. The van der Waals surface area contributed by atoms with Crippen molar-refractivity contribution in [3.05, 3.63) is 46.5 Å². The highest BCUT2D eigenvalue weighted by atomic mass is 16.6. The van der Waals surface area contributed by atoms with Crippen molar-refractivity contribution in [1.29, 1.82) is 0 Å². The molecule has 0 aromatic heterocycles. The molecule has 0 fully saturated rings. The smallest absolute Gasteiger partial charge is 0.273 e. The molecule has 0 radical (unpaired) electrons. The van der Waals surface area contributed by atoms with E-state index in [9.17, 15) is 10.1 Å². The van der Waals surface area contributed by atoms with E-state index < -0.39 is 0 Å². The highest BCUT2D eigenvalue weighted by Crippen LogP contribution is 2.24. The van der Waals surface area contributed by atoms with Crippen molar-refractivity contribution in [3.8, 4) is 5.75 Å². The van der Waals surface area contributed by atoms with Crippen LogP contribution in [0.15, 0.2) is 30.9 Å². The summed E-state index contributed by atoms with van der Waals surface area (Å²) in [6, 6.07) is 4.84. The van der Waals surface area contributed by atoms with Gasteiger partial charge in [0.05, 0.1) is 11.5 Å². The second kappa shape index (κ2) is 6.68. The van der Waals surface area contributed by atoms with Crippen molar-refractivity contribution in [2.75, 3.05) is 6.61 Å². The monoisotopic (exact) mass is 235 g/mol. The topological polar surface area (TPSA) is 52.4 Å². The minimum Gasteiger partial charge on any atom is -0.494 e. The first kappa shape index (κ1) is 13.2. The zero-order valence-corrected chi connectivity index (χ0v) is 10.0. The van der Waals surface area contributed by atoms with Crippen LogP contribution in [0.3, 0.4) is 0 Å². The first-order valence-corrected chi connectivity index (χ1v) is 5.70. The molecule has 1 rings (SSSR count). The third kappa shape index (κ3) is 3.90. The first-order chi connectivity index (χ1) is 8.19. The van der Waals surface area contributed by atoms with Gasteiger partial charge in [0.1, 0.15) is 5.75 Å². The van der Waals surface area contributed by atoms with Crippen LogP contribution in [0.4, 0.5) is 5.69 Å². The number of nitrogens with zero attached hydrogens (tertiary/aromatic N) is 1. The van der Waals surface area contributed by atoms with Crippen LogP contribution in [0, 0.1) is 10.1 Å². The molecule has 0 spiro atoms. The zero-order valence-electron chi connectivity index (χ0n) is 10.0. The molecule has 0 aliphatic heterocycles. The van der Waals surface area contributed by atoms with Crippen LogP contribution in [0.5, 0.6) is 5.75 Å². The van der Waals surface area contributed by atoms with E-state index in [0.29, 0.717) is 24.3 Å². The van der Waals surface area contributed by atoms with E-state index in [-0.39, 0.29) is 10.6 Å². The Kier molecular flexibility index (Phi) is 5.20. The lowest BCUT2D eigenvalue weighted by atomic mass is 10.1. The van der Waals surface area contributed by atoms with Gasteiger partial charge in [0.15, 0.2) is 0 Å². The molecular formula is C13H17NO3. The number of ether oxygens (including phenoxy) is 1. The fraction of sp³-hybridized carbons (Fsp3) is 0.385. The van der Waals surface area contributed by atoms with E-state index in [0.717, 1.165) is 12.8 Å². The number of rotatable bonds is 7. The Morgan fingerprint density at radius 1 is 1.53 bits per heavy atom. The van der Waals surface area contributed by atoms with E-state index in [2.05, 4.69) is 13.5 Å². The molecule has 0 saturated heterocycles. The van der Waals surface area contributed by atoms with E-state index >= 15 is 0 Å². The quantitative estimate of drug-likeness (QED) is 0.314. The van der Waals surface area contributed by atoms with Gasteiger partial charge in [0.2, 0.25) is 0 Å². The maximum absolute atomic E-state index is 10.8. The van der Waals surface area contributed by atoms with Gasteiger partial charge in [-0.15, -0.1) is 6.58 Å². The number of nitro benzene ring substituents is 1. The Morgan fingerprint density at radius 3 is 2.88 bits per heavy atom. The normalized spacial score (nSPS) is 9.94. The van der Waals surface area contributed by atoms with Crippen molar-refractivity contribution < 1.29 is 9.66 Å². The van der Waals surface area contributed by atoms with Crippen molar-refractivity contribution in [3.63, 3.8) is 0 Å². The molecule has 0 saturated carbocycles. The molecule has 17 heavy (non-hydrogen) atoms. The van der Waals surface area contributed by atoms with Crippen molar-refractivity contribution in [2.24, 2.45) is 0 Å². The number of hydrogen-bond donors (Lipinski definition) is 0. The minimum absolute atomic E-state index is 0.118. The van der Waals surface area contributed by atoms with Crippen LogP contribution in [-0.4, -0.2) is 11.5 Å². The summed E-state index contributed by atoms with van der Waals surface area (Å²) in [5.41, 5.74) is 0.756. The third-order valence-corrected chi connectivity index (χ3v) is 2.38. The van der Waals surface area contributed by atoms with Gasteiger partial charge in [-0.1, -0.05) is 19.4 Å². The maximum Gasteiger partial charge on any atom is 0.273 e.